The van der Waals surface area contributed by atoms with Crippen LogP contribution in [0.25, 0.3) is 0 Å². The molecule has 0 N–H and O–H groups in total. The Bertz CT molecular complexity index is 269. The van der Waals surface area contributed by atoms with Crippen LogP contribution in [0.15, 0.2) is 24.5 Å². The van der Waals surface area contributed by atoms with Gasteiger partial charge >= 0.3 is 0 Å². The molecule has 0 bridgehead atoms. The molecule has 1 saturated heterocycles. The van der Waals surface area contributed by atoms with Gasteiger partial charge in [-0.1, -0.05) is 32.8 Å². The van der Waals surface area contributed by atoms with Gasteiger partial charge in [0.1, 0.15) is 0 Å². The van der Waals surface area contributed by atoms with E-state index >= 15 is 0 Å². The van der Waals surface area contributed by atoms with Gasteiger partial charge in [0.05, 0.1) is 0 Å². The summed E-state index contributed by atoms with van der Waals surface area (Å²) in [6, 6.07) is 4.79. The van der Waals surface area contributed by atoms with Crippen molar-refractivity contribution >= 4 is 0 Å². The molecular formula is C14H24N2. The van der Waals surface area contributed by atoms with Crippen molar-refractivity contribution < 1.29 is 0 Å². The lowest BCUT2D eigenvalue weighted by Gasteiger charge is -2.18. The molecular weight excluding hydrogens is 196 g/mol. The standard InChI is InChI=1S/C10H14N2.C4H10/c1-12-7-3-5-10(12)9-4-2-6-11-8-9;1-3-4-2/h2,4,6,8,10H,3,5,7H2,1H3;3-4H2,1-2H3/t10-;/m0./s1. The molecule has 0 amide bonds. The molecule has 1 aromatic heterocycles. The molecule has 2 heteroatoms. The third-order valence-electron chi connectivity index (χ3n) is 3.09. The molecule has 2 nitrogen and oxygen atoms in total. The normalized spacial score (nSPS) is 20.3. The van der Waals surface area contributed by atoms with E-state index in [1.807, 2.05) is 18.5 Å². The fraction of sp³-hybridized carbons (Fsp3) is 0.643. The Hall–Kier alpha value is -0.890. The van der Waals surface area contributed by atoms with Crippen LogP contribution in [0.4, 0.5) is 0 Å². The largest absolute Gasteiger partial charge is 0.299 e. The van der Waals surface area contributed by atoms with Gasteiger partial charge in [-0.25, -0.2) is 0 Å². The lowest BCUT2D eigenvalue weighted by molar-refractivity contribution is 0.317. The van der Waals surface area contributed by atoms with Crippen LogP contribution in [0, 0.1) is 0 Å². The highest BCUT2D eigenvalue weighted by Gasteiger charge is 2.21. The van der Waals surface area contributed by atoms with Gasteiger partial charge in [0.2, 0.25) is 0 Å². The molecule has 1 aliphatic rings. The Morgan fingerprint density at radius 1 is 1.38 bits per heavy atom. The molecule has 0 unspecified atom stereocenters. The summed E-state index contributed by atoms with van der Waals surface area (Å²) in [6.07, 6.45) is 9.04. The number of unbranched alkanes of at least 4 members (excludes halogenated alkanes) is 1. The Kier molecular flexibility index (Phi) is 6.09. The number of nitrogens with zero attached hydrogens (tertiary/aromatic N) is 2. The number of rotatable bonds is 2. The van der Waals surface area contributed by atoms with Crippen molar-refractivity contribution in [2.24, 2.45) is 0 Å². The van der Waals surface area contributed by atoms with E-state index in [0.717, 1.165) is 0 Å². The maximum absolute atomic E-state index is 4.14. The van der Waals surface area contributed by atoms with Gasteiger partial charge in [0, 0.05) is 18.4 Å². The summed E-state index contributed by atoms with van der Waals surface area (Å²) < 4.78 is 0. The van der Waals surface area contributed by atoms with Crippen LogP contribution in [0.2, 0.25) is 0 Å². The second-order valence-corrected chi connectivity index (χ2v) is 4.42. The summed E-state index contributed by atoms with van der Waals surface area (Å²) in [5, 5.41) is 0. The molecule has 0 saturated carbocycles. The quantitative estimate of drug-likeness (QED) is 0.756. The van der Waals surface area contributed by atoms with Crippen LogP contribution in [0.3, 0.4) is 0 Å². The molecule has 1 aromatic rings. The summed E-state index contributed by atoms with van der Waals surface area (Å²) in [7, 11) is 2.19. The molecule has 0 radical (unpaired) electrons. The Labute approximate surface area is 99.7 Å². The molecule has 1 aliphatic heterocycles. The Balaban J connectivity index is 0.000000280. The minimum absolute atomic E-state index is 0.610. The van der Waals surface area contributed by atoms with E-state index in [9.17, 15) is 0 Å². The van der Waals surface area contributed by atoms with Crippen LogP contribution < -0.4 is 0 Å². The van der Waals surface area contributed by atoms with E-state index < -0.39 is 0 Å². The maximum Gasteiger partial charge on any atom is 0.0360 e. The average molecular weight is 220 g/mol. The smallest absolute Gasteiger partial charge is 0.0360 e. The number of hydrogen-bond acceptors (Lipinski definition) is 2. The zero-order valence-electron chi connectivity index (χ0n) is 10.8. The Morgan fingerprint density at radius 2 is 2.12 bits per heavy atom. The fourth-order valence-corrected chi connectivity index (χ4v) is 1.90. The van der Waals surface area contributed by atoms with Crippen LogP contribution in [0.1, 0.15) is 51.1 Å². The van der Waals surface area contributed by atoms with Gasteiger partial charge in [-0.15, -0.1) is 0 Å². The number of likely N-dealkylation sites (tertiary alicyclic amines) is 1. The molecule has 1 atom stereocenters. The van der Waals surface area contributed by atoms with Crippen molar-refractivity contribution in [1.82, 2.24) is 9.88 Å². The zero-order chi connectivity index (χ0) is 11.8. The van der Waals surface area contributed by atoms with Crippen LogP contribution in [-0.2, 0) is 0 Å². The SMILES string of the molecule is CCCC.CN1CCC[C@H]1c1cccnc1. The van der Waals surface area contributed by atoms with E-state index in [1.165, 1.54) is 37.8 Å². The summed E-state index contributed by atoms with van der Waals surface area (Å²) in [4.78, 5) is 6.54. The van der Waals surface area contributed by atoms with Crippen molar-refractivity contribution in [3.05, 3.63) is 30.1 Å². The van der Waals surface area contributed by atoms with Crippen molar-refractivity contribution in [1.29, 1.82) is 0 Å². The monoisotopic (exact) mass is 220 g/mol. The van der Waals surface area contributed by atoms with Crippen molar-refractivity contribution in [3.8, 4) is 0 Å². The lowest BCUT2D eigenvalue weighted by Crippen LogP contribution is -2.17. The second kappa shape index (κ2) is 7.39. The van der Waals surface area contributed by atoms with Gasteiger partial charge in [-0.3, -0.25) is 9.88 Å². The average Bonchev–Trinajstić information content (AvgIpc) is 2.77. The van der Waals surface area contributed by atoms with Gasteiger partial charge in [-0.05, 0) is 38.1 Å². The number of hydrogen-bond donors (Lipinski definition) is 0. The van der Waals surface area contributed by atoms with Crippen molar-refractivity contribution in [2.75, 3.05) is 13.6 Å². The summed E-state index contributed by atoms with van der Waals surface area (Å²) >= 11 is 0. The maximum atomic E-state index is 4.14. The fourth-order valence-electron chi connectivity index (χ4n) is 1.90. The van der Waals surface area contributed by atoms with E-state index in [4.69, 9.17) is 0 Å². The van der Waals surface area contributed by atoms with E-state index in [1.54, 1.807) is 0 Å². The van der Waals surface area contributed by atoms with Gasteiger partial charge in [-0.2, -0.15) is 0 Å². The predicted octanol–water partition coefficient (Wildman–Crippen LogP) is 3.65. The topological polar surface area (TPSA) is 16.1 Å². The molecule has 0 aliphatic carbocycles. The third-order valence-corrected chi connectivity index (χ3v) is 3.09. The molecule has 0 spiro atoms. The Morgan fingerprint density at radius 3 is 2.56 bits per heavy atom. The highest BCUT2D eigenvalue weighted by molar-refractivity contribution is 5.14. The first-order valence-electron chi connectivity index (χ1n) is 6.39. The minimum atomic E-state index is 0.610. The number of aromatic nitrogens is 1. The highest BCUT2D eigenvalue weighted by atomic mass is 15.1. The van der Waals surface area contributed by atoms with Crippen LogP contribution >= 0.6 is 0 Å². The molecule has 0 aromatic carbocycles. The van der Waals surface area contributed by atoms with Gasteiger partial charge in [0.25, 0.3) is 0 Å². The molecule has 90 valence electrons. The number of pyridine rings is 1. The second-order valence-electron chi connectivity index (χ2n) is 4.42. The van der Waals surface area contributed by atoms with Gasteiger partial charge < -0.3 is 0 Å². The summed E-state index contributed by atoms with van der Waals surface area (Å²) in [6.45, 7) is 5.58. The highest BCUT2D eigenvalue weighted by Crippen LogP contribution is 2.29. The molecule has 2 rings (SSSR count). The first-order valence-corrected chi connectivity index (χ1v) is 6.39. The van der Waals surface area contributed by atoms with Crippen molar-refractivity contribution in [3.63, 3.8) is 0 Å². The van der Waals surface area contributed by atoms with Gasteiger partial charge in [0.15, 0.2) is 0 Å². The van der Waals surface area contributed by atoms with E-state index in [0.29, 0.717) is 6.04 Å². The minimum Gasteiger partial charge on any atom is -0.299 e. The van der Waals surface area contributed by atoms with E-state index in [-0.39, 0.29) is 0 Å². The first kappa shape index (κ1) is 13.2. The summed E-state index contributed by atoms with van der Waals surface area (Å²) in [5.41, 5.74) is 1.36. The molecule has 16 heavy (non-hydrogen) atoms. The predicted molar refractivity (Wildman–Crippen MR) is 69.4 cm³/mol. The third kappa shape index (κ3) is 3.93. The van der Waals surface area contributed by atoms with E-state index in [2.05, 4.69) is 36.8 Å². The molecule has 1 fully saturated rings. The van der Waals surface area contributed by atoms with Crippen LogP contribution in [-0.4, -0.2) is 23.5 Å². The first-order chi connectivity index (χ1) is 7.79. The zero-order valence-corrected chi connectivity index (χ0v) is 10.8. The molecule has 2 heterocycles. The van der Waals surface area contributed by atoms with Crippen LogP contribution in [0.5, 0.6) is 0 Å². The lowest BCUT2D eigenvalue weighted by atomic mass is 10.1. The summed E-state index contributed by atoms with van der Waals surface area (Å²) in [5.74, 6) is 0. The van der Waals surface area contributed by atoms with Crippen molar-refractivity contribution in [2.45, 2.75) is 45.6 Å².